The van der Waals surface area contributed by atoms with Gasteiger partial charge >= 0.3 is 5.97 Å². The molecule has 0 aromatic carbocycles. The monoisotopic (exact) mass is 198 g/mol. The highest BCUT2D eigenvalue weighted by Crippen LogP contribution is 2.36. The number of carbonyl (C=O) groups excluding carboxylic acids is 1. The summed E-state index contributed by atoms with van der Waals surface area (Å²) in [5.41, 5.74) is -0.286. The Morgan fingerprint density at radius 1 is 1.29 bits per heavy atom. The average Bonchev–Trinajstić information content (AvgIpc) is 2.77. The standard InChI is InChI=1S/C11H18O3/c1-11(2)9(14-11)10(12)13-8-6-4-3-5-7-8/h8-9H,3-7H2,1-2H3. The van der Waals surface area contributed by atoms with E-state index in [0.29, 0.717) is 0 Å². The predicted molar refractivity (Wildman–Crippen MR) is 51.9 cm³/mol. The van der Waals surface area contributed by atoms with Crippen LogP contribution in [0.5, 0.6) is 0 Å². The fourth-order valence-corrected chi connectivity index (χ4v) is 2.01. The molecule has 2 rings (SSSR count). The van der Waals surface area contributed by atoms with E-state index in [1.807, 2.05) is 13.8 Å². The van der Waals surface area contributed by atoms with E-state index in [4.69, 9.17) is 9.47 Å². The van der Waals surface area contributed by atoms with Gasteiger partial charge in [0.2, 0.25) is 0 Å². The number of hydrogen-bond acceptors (Lipinski definition) is 3. The van der Waals surface area contributed by atoms with Crippen LogP contribution < -0.4 is 0 Å². The molecule has 1 saturated carbocycles. The zero-order valence-electron chi connectivity index (χ0n) is 8.91. The van der Waals surface area contributed by atoms with Crippen molar-refractivity contribution in [1.29, 1.82) is 0 Å². The van der Waals surface area contributed by atoms with Gasteiger partial charge in [0.25, 0.3) is 0 Å². The molecule has 2 aliphatic rings. The third-order valence-corrected chi connectivity index (χ3v) is 3.04. The Balaban J connectivity index is 1.77. The highest BCUT2D eigenvalue weighted by atomic mass is 16.7. The van der Waals surface area contributed by atoms with Crippen molar-refractivity contribution in [2.45, 2.75) is 63.8 Å². The lowest BCUT2D eigenvalue weighted by Crippen LogP contribution is -2.26. The zero-order chi connectivity index (χ0) is 10.2. The first-order valence-corrected chi connectivity index (χ1v) is 5.48. The van der Waals surface area contributed by atoms with E-state index < -0.39 is 0 Å². The SMILES string of the molecule is CC1(C)OC1C(=O)OC1CCCCC1. The Morgan fingerprint density at radius 2 is 1.86 bits per heavy atom. The number of epoxide rings is 1. The smallest absolute Gasteiger partial charge is 0.338 e. The average molecular weight is 198 g/mol. The molecule has 1 atom stereocenters. The summed E-state index contributed by atoms with van der Waals surface area (Å²) in [6, 6.07) is 0. The van der Waals surface area contributed by atoms with E-state index >= 15 is 0 Å². The van der Waals surface area contributed by atoms with E-state index in [1.54, 1.807) is 0 Å². The molecule has 0 N–H and O–H groups in total. The maximum absolute atomic E-state index is 11.5. The highest BCUT2D eigenvalue weighted by molar-refractivity contribution is 5.79. The summed E-state index contributed by atoms with van der Waals surface area (Å²) < 4.78 is 10.6. The summed E-state index contributed by atoms with van der Waals surface area (Å²) in [7, 11) is 0. The van der Waals surface area contributed by atoms with Crippen molar-refractivity contribution in [3.63, 3.8) is 0 Å². The Morgan fingerprint density at radius 3 is 2.36 bits per heavy atom. The van der Waals surface area contributed by atoms with Gasteiger partial charge < -0.3 is 9.47 Å². The molecule has 0 bridgehead atoms. The molecule has 1 aliphatic carbocycles. The molecule has 0 aromatic heterocycles. The van der Waals surface area contributed by atoms with Crippen molar-refractivity contribution in [3.05, 3.63) is 0 Å². The summed E-state index contributed by atoms with van der Waals surface area (Å²) in [5, 5.41) is 0. The van der Waals surface area contributed by atoms with Crippen molar-refractivity contribution >= 4 is 5.97 Å². The van der Waals surface area contributed by atoms with Crippen LogP contribution in [0.15, 0.2) is 0 Å². The van der Waals surface area contributed by atoms with Gasteiger partial charge in [0, 0.05) is 0 Å². The van der Waals surface area contributed by atoms with E-state index in [-0.39, 0.29) is 23.8 Å². The van der Waals surface area contributed by atoms with Crippen LogP contribution in [0.1, 0.15) is 46.0 Å². The predicted octanol–water partition coefficient (Wildman–Crippen LogP) is 2.04. The lowest BCUT2D eigenvalue weighted by molar-refractivity contribution is -0.152. The second-order valence-corrected chi connectivity index (χ2v) is 4.80. The molecule has 0 amide bonds. The zero-order valence-corrected chi connectivity index (χ0v) is 8.91. The van der Waals surface area contributed by atoms with E-state index in [1.165, 1.54) is 19.3 Å². The first-order chi connectivity index (χ1) is 6.59. The van der Waals surface area contributed by atoms with Gasteiger partial charge in [-0.05, 0) is 39.5 Å². The maximum Gasteiger partial charge on any atom is 0.338 e. The summed E-state index contributed by atoms with van der Waals surface area (Å²) in [6.07, 6.45) is 5.54. The molecule has 0 radical (unpaired) electrons. The molecule has 14 heavy (non-hydrogen) atoms. The van der Waals surface area contributed by atoms with Gasteiger partial charge in [0.15, 0.2) is 6.10 Å². The van der Waals surface area contributed by atoms with Crippen LogP contribution in [0, 0.1) is 0 Å². The Bertz CT molecular complexity index is 229. The third-order valence-electron chi connectivity index (χ3n) is 3.04. The first-order valence-electron chi connectivity index (χ1n) is 5.48. The minimum absolute atomic E-state index is 0.149. The number of hydrogen-bond donors (Lipinski definition) is 0. The van der Waals surface area contributed by atoms with Gasteiger partial charge in [0.1, 0.15) is 11.7 Å². The van der Waals surface area contributed by atoms with Gasteiger partial charge in [0.05, 0.1) is 0 Å². The van der Waals surface area contributed by atoms with E-state index in [0.717, 1.165) is 12.8 Å². The minimum atomic E-state index is -0.315. The van der Waals surface area contributed by atoms with Crippen LogP contribution in [0.3, 0.4) is 0 Å². The molecule has 80 valence electrons. The summed E-state index contributed by atoms with van der Waals surface area (Å²) in [4.78, 5) is 11.5. The lowest BCUT2D eigenvalue weighted by atomic mass is 9.98. The van der Waals surface area contributed by atoms with Crippen LogP contribution in [0.25, 0.3) is 0 Å². The molecule has 2 fully saturated rings. The van der Waals surface area contributed by atoms with Crippen molar-refractivity contribution in [2.75, 3.05) is 0 Å². The van der Waals surface area contributed by atoms with Crippen LogP contribution >= 0.6 is 0 Å². The molecule has 3 heteroatoms. The Kier molecular flexibility index (Phi) is 2.52. The fourth-order valence-electron chi connectivity index (χ4n) is 2.01. The highest BCUT2D eigenvalue weighted by Gasteiger charge is 2.54. The summed E-state index contributed by atoms with van der Waals surface area (Å²) >= 11 is 0. The van der Waals surface area contributed by atoms with Crippen molar-refractivity contribution in [3.8, 4) is 0 Å². The molecule has 0 spiro atoms. The lowest BCUT2D eigenvalue weighted by Gasteiger charge is -2.21. The normalized spacial score (nSPS) is 31.1. The largest absolute Gasteiger partial charge is 0.460 e. The van der Waals surface area contributed by atoms with E-state index in [2.05, 4.69) is 0 Å². The molecule has 3 nitrogen and oxygen atoms in total. The third kappa shape index (κ3) is 2.08. The fraction of sp³-hybridized carbons (Fsp3) is 0.909. The Hall–Kier alpha value is -0.570. The van der Waals surface area contributed by atoms with E-state index in [9.17, 15) is 4.79 Å². The second-order valence-electron chi connectivity index (χ2n) is 4.80. The number of ether oxygens (including phenoxy) is 2. The number of esters is 1. The number of carbonyl (C=O) groups is 1. The summed E-state index contributed by atoms with van der Waals surface area (Å²) in [5.74, 6) is -0.165. The molecule has 1 heterocycles. The molecule has 0 aromatic rings. The van der Waals surface area contributed by atoms with Gasteiger partial charge in [-0.15, -0.1) is 0 Å². The molecule has 1 aliphatic heterocycles. The van der Waals surface area contributed by atoms with Gasteiger partial charge in [-0.25, -0.2) is 4.79 Å². The second kappa shape index (κ2) is 3.54. The minimum Gasteiger partial charge on any atom is -0.460 e. The molecular formula is C11H18O3. The molecular weight excluding hydrogens is 180 g/mol. The van der Waals surface area contributed by atoms with Crippen LogP contribution in [0.4, 0.5) is 0 Å². The van der Waals surface area contributed by atoms with Crippen LogP contribution in [0.2, 0.25) is 0 Å². The topological polar surface area (TPSA) is 38.8 Å². The van der Waals surface area contributed by atoms with Crippen molar-refractivity contribution < 1.29 is 14.3 Å². The van der Waals surface area contributed by atoms with Gasteiger partial charge in [-0.1, -0.05) is 6.42 Å². The quantitative estimate of drug-likeness (QED) is 0.503. The van der Waals surface area contributed by atoms with Crippen molar-refractivity contribution in [2.24, 2.45) is 0 Å². The molecule has 1 saturated heterocycles. The van der Waals surface area contributed by atoms with Crippen LogP contribution in [-0.2, 0) is 14.3 Å². The Labute approximate surface area is 84.8 Å². The maximum atomic E-state index is 11.5. The van der Waals surface area contributed by atoms with Crippen molar-refractivity contribution in [1.82, 2.24) is 0 Å². The van der Waals surface area contributed by atoms with Crippen LogP contribution in [-0.4, -0.2) is 23.8 Å². The molecule has 1 unspecified atom stereocenters. The first kappa shape index (κ1) is 9.97. The number of rotatable bonds is 2. The van der Waals surface area contributed by atoms with Gasteiger partial charge in [-0.3, -0.25) is 0 Å². The van der Waals surface area contributed by atoms with Gasteiger partial charge in [-0.2, -0.15) is 0 Å². The summed E-state index contributed by atoms with van der Waals surface area (Å²) in [6.45, 7) is 3.83.